The predicted octanol–water partition coefficient (Wildman–Crippen LogP) is 2.94. The molecular weight excluding hydrogens is 222 g/mol. The fourth-order valence-electron chi connectivity index (χ4n) is 3.04. The largest absolute Gasteiger partial charge is 0.393 e. The maximum Gasteiger partial charge on any atom is 0.0543 e. The van der Waals surface area contributed by atoms with E-state index in [4.69, 9.17) is 0 Å². The van der Waals surface area contributed by atoms with Gasteiger partial charge in [-0.3, -0.25) is 0 Å². The van der Waals surface area contributed by atoms with Crippen LogP contribution in [0.3, 0.4) is 0 Å². The van der Waals surface area contributed by atoms with Crippen LogP contribution in [-0.4, -0.2) is 17.8 Å². The molecule has 0 heterocycles. The summed E-state index contributed by atoms with van der Waals surface area (Å²) in [5.74, 6) is 0.652. The number of benzene rings is 1. The quantitative estimate of drug-likeness (QED) is 0.857. The average molecular weight is 247 g/mol. The Hall–Kier alpha value is -0.860. The van der Waals surface area contributed by atoms with Crippen molar-refractivity contribution in [1.82, 2.24) is 5.32 Å². The smallest absolute Gasteiger partial charge is 0.0543 e. The first kappa shape index (κ1) is 13.6. The summed E-state index contributed by atoms with van der Waals surface area (Å²) >= 11 is 0. The summed E-state index contributed by atoms with van der Waals surface area (Å²) in [6, 6.07) is 6.70. The van der Waals surface area contributed by atoms with Gasteiger partial charge in [0, 0.05) is 6.54 Å². The molecule has 1 fully saturated rings. The zero-order valence-corrected chi connectivity index (χ0v) is 11.6. The van der Waals surface area contributed by atoms with Crippen LogP contribution < -0.4 is 5.32 Å². The summed E-state index contributed by atoms with van der Waals surface area (Å²) in [5.41, 5.74) is 4.03. The second kappa shape index (κ2) is 6.35. The predicted molar refractivity (Wildman–Crippen MR) is 75.6 cm³/mol. The van der Waals surface area contributed by atoms with Gasteiger partial charge in [0.25, 0.3) is 0 Å². The van der Waals surface area contributed by atoms with Gasteiger partial charge in [0.05, 0.1) is 6.10 Å². The van der Waals surface area contributed by atoms with Gasteiger partial charge in [-0.05, 0) is 51.1 Å². The van der Waals surface area contributed by atoms with Crippen LogP contribution in [0.2, 0.25) is 0 Å². The number of aryl methyl sites for hydroxylation is 2. The normalized spacial score (nSPS) is 24.2. The number of hydrogen-bond acceptors (Lipinski definition) is 2. The Morgan fingerprint density at radius 3 is 2.56 bits per heavy atom. The summed E-state index contributed by atoms with van der Waals surface area (Å²) in [5, 5.41) is 13.2. The van der Waals surface area contributed by atoms with Gasteiger partial charge in [-0.15, -0.1) is 0 Å². The number of rotatable bonds is 4. The first-order valence-corrected chi connectivity index (χ1v) is 7.09. The molecule has 1 saturated carbocycles. The minimum Gasteiger partial charge on any atom is -0.393 e. The second-order valence-electron chi connectivity index (χ2n) is 5.81. The third kappa shape index (κ3) is 4.11. The summed E-state index contributed by atoms with van der Waals surface area (Å²) in [7, 11) is 0. The van der Waals surface area contributed by atoms with Crippen molar-refractivity contribution >= 4 is 0 Å². The maximum absolute atomic E-state index is 9.64. The van der Waals surface area contributed by atoms with Gasteiger partial charge in [-0.25, -0.2) is 0 Å². The Labute approximate surface area is 110 Å². The molecule has 2 nitrogen and oxygen atoms in total. The molecule has 1 aromatic rings. The molecule has 0 radical (unpaired) electrons. The van der Waals surface area contributed by atoms with Crippen molar-refractivity contribution in [2.45, 2.75) is 52.2 Å². The summed E-state index contributed by atoms with van der Waals surface area (Å²) in [6.45, 7) is 6.27. The van der Waals surface area contributed by atoms with Gasteiger partial charge in [0.1, 0.15) is 0 Å². The SMILES string of the molecule is Cc1cc(C)cc(CNCC2CCCC(O)C2)c1. The molecule has 0 bridgehead atoms. The standard InChI is InChI=1S/C16H25NO/c1-12-6-13(2)8-15(7-12)11-17-10-14-4-3-5-16(18)9-14/h6-8,14,16-18H,3-5,9-11H2,1-2H3. The van der Waals surface area contributed by atoms with E-state index < -0.39 is 0 Å². The molecule has 2 unspecified atom stereocenters. The third-order valence-electron chi connectivity index (χ3n) is 3.80. The molecule has 18 heavy (non-hydrogen) atoms. The molecule has 0 amide bonds. The van der Waals surface area contributed by atoms with Crippen LogP contribution in [0.5, 0.6) is 0 Å². The van der Waals surface area contributed by atoms with Crippen molar-refractivity contribution in [2.75, 3.05) is 6.54 Å². The summed E-state index contributed by atoms with van der Waals surface area (Å²) < 4.78 is 0. The topological polar surface area (TPSA) is 32.3 Å². The van der Waals surface area contributed by atoms with Gasteiger partial charge in [-0.2, -0.15) is 0 Å². The molecule has 0 aromatic heterocycles. The van der Waals surface area contributed by atoms with Crippen LogP contribution in [-0.2, 0) is 6.54 Å². The average Bonchev–Trinajstić information content (AvgIpc) is 2.27. The lowest BCUT2D eigenvalue weighted by Gasteiger charge is -2.26. The van der Waals surface area contributed by atoms with Crippen LogP contribution in [0.1, 0.15) is 42.4 Å². The molecular formula is C16H25NO. The van der Waals surface area contributed by atoms with Crippen LogP contribution in [0.4, 0.5) is 0 Å². The zero-order chi connectivity index (χ0) is 13.0. The fourth-order valence-corrected chi connectivity index (χ4v) is 3.04. The maximum atomic E-state index is 9.64. The van der Waals surface area contributed by atoms with Crippen LogP contribution in [0.15, 0.2) is 18.2 Å². The van der Waals surface area contributed by atoms with Gasteiger partial charge in [-0.1, -0.05) is 35.7 Å². The van der Waals surface area contributed by atoms with E-state index in [0.29, 0.717) is 5.92 Å². The fraction of sp³-hybridized carbons (Fsp3) is 0.625. The molecule has 1 aliphatic rings. The summed E-state index contributed by atoms with van der Waals surface area (Å²) in [6.07, 6.45) is 4.34. The van der Waals surface area contributed by atoms with E-state index in [1.54, 1.807) is 0 Å². The summed E-state index contributed by atoms with van der Waals surface area (Å²) in [4.78, 5) is 0. The zero-order valence-electron chi connectivity index (χ0n) is 11.6. The van der Waals surface area contributed by atoms with Crippen molar-refractivity contribution in [3.05, 3.63) is 34.9 Å². The van der Waals surface area contributed by atoms with Crippen molar-refractivity contribution in [3.63, 3.8) is 0 Å². The Bertz CT molecular complexity index is 368. The molecule has 0 aliphatic heterocycles. The van der Waals surface area contributed by atoms with Crippen LogP contribution in [0.25, 0.3) is 0 Å². The molecule has 2 heteroatoms. The van der Waals surface area contributed by atoms with Crippen molar-refractivity contribution in [3.8, 4) is 0 Å². The van der Waals surface area contributed by atoms with Gasteiger partial charge >= 0.3 is 0 Å². The Morgan fingerprint density at radius 1 is 1.17 bits per heavy atom. The highest BCUT2D eigenvalue weighted by atomic mass is 16.3. The van der Waals surface area contributed by atoms with E-state index in [1.165, 1.54) is 29.5 Å². The van der Waals surface area contributed by atoms with Crippen molar-refractivity contribution in [2.24, 2.45) is 5.92 Å². The van der Waals surface area contributed by atoms with Crippen molar-refractivity contribution in [1.29, 1.82) is 0 Å². The number of aliphatic hydroxyl groups excluding tert-OH is 1. The Kier molecular flexibility index (Phi) is 4.79. The Balaban J connectivity index is 1.77. The van der Waals surface area contributed by atoms with E-state index in [2.05, 4.69) is 37.4 Å². The van der Waals surface area contributed by atoms with Gasteiger partial charge in [0.15, 0.2) is 0 Å². The van der Waals surface area contributed by atoms with E-state index in [9.17, 15) is 5.11 Å². The number of aliphatic hydroxyl groups is 1. The highest BCUT2D eigenvalue weighted by Crippen LogP contribution is 2.23. The third-order valence-corrected chi connectivity index (χ3v) is 3.80. The molecule has 2 N–H and O–H groups in total. The van der Waals surface area contributed by atoms with Crippen molar-refractivity contribution < 1.29 is 5.11 Å². The lowest BCUT2D eigenvalue weighted by Crippen LogP contribution is -2.28. The molecule has 1 aromatic carbocycles. The van der Waals surface area contributed by atoms with Crippen LogP contribution >= 0.6 is 0 Å². The second-order valence-corrected chi connectivity index (χ2v) is 5.81. The van der Waals surface area contributed by atoms with E-state index in [0.717, 1.165) is 25.9 Å². The minimum absolute atomic E-state index is 0.0632. The van der Waals surface area contributed by atoms with E-state index >= 15 is 0 Å². The highest BCUT2D eigenvalue weighted by molar-refractivity contribution is 5.28. The molecule has 100 valence electrons. The monoisotopic (exact) mass is 247 g/mol. The minimum atomic E-state index is -0.0632. The molecule has 2 rings (SSSR count). The van der Waals surface area contributed by atoms with Gasteiger partial charge < -0.3 is 10.4 Å². The van der Waals surface area contributed by atoms with Gasteiger partial charge in [0.2, 0.25) is 0 Å². The molecule has 2 atom stereocenters. The highest BCUT2D eigenvalue weighted by Gasteiger charge is 2.19. The first-order chi connectivity index (χ1) is 8.63. The lowest BCUT2D eigenvalue weighted by molar-refractivity contribution is 0.101. The Morgan fingerprint density at radius 2 is 1.89 bits per heavy atom. The number of nitrogens with one attached hydrogen (secondary N) is 1. The lowest BCUT2D eigenvalue weighted by atomic mass is 9.87. The molecule has 0 saturated heterocycles. The number of hydrogen-bond donors (Lipinski definition) is 2. The van der Waals surface area contributed by atoms with E-state index in [1.807, 2.05) is 0 Å². The van der Waals surface area contributed by atoms with Crippen LogP contribution in [0, 0.1) is 19.8 Å². The first-order valence-electron chi connectivity index (χ1n) is 7.09. The molecule has 1 aliphatic carbocycles. The van der Waals surface area contributed by atoms with E-state index in [-0.39, 0.29) is 6.10 Å². The molecule has 0 spiro atoms.